The molecule has 2 saturated heterocycles. The zero-order chi connectivity index (χ0) is 13.5. The highest BCUT2D eigenvalue weighted by Gasteiger charge is 2.40. The number of nitrogens with zero attached hydrogens (tertiary/aromatic N) is 3. The predicted molar refractivity (Wildman–Crippen MR) is 75.8 cm³/mol. The lowest BCUT2D eigenvalue weighted by molar-refractivity contribution is 0.0254. The zero-order valence-electron chi connectivity index (χ0n) is 11.6. The zero-order valence-corrected chi connectivity index (χ0v) is 12.3. The highest BCUT2D eigenvalue weighted by Crippen LogP contribution is 2.41. The summed E-state index contributed by atoms with van der Waals surface area (Å²) in [4.78, 5) is 11.2. The van der Waals surface area contributed by atoms with Crippen molar-refractivity contribution in [1.82, 2.24) is 9.97 Å². The molecule has 1 aromatic heterocycles. The van der Waals surface area contributed by atoms with Crippen LogP contribution in [0.1, 0.15) is 30.7 Å². The van der Waals surface area contributed by atoms with Crippen LogP contribution in [0.2, 0.25) is 5.15 Å². The molecule has 0 radical (unpaired) electrons. The first-order valence-corrected chi connectivity index (χ1v) is 7.31. The van der Waals surface area contributed by atoms with Gasteiger partial charge in [0, 0.05) is 31.9 Å². The number of aromatic nitrogens is 2. The molecule has 0 atom stereocenters. The maximum absolute atomic E-state index is 6.18. The average molecular weight is 282 g/mol. The molecule has 0 amide bonds. The normalized spacial score (nSPS) is 22.2. The van der Waals surface area contributed by atoms with Crippen molar-refractivity contribution >= 4 is 17.4 Å². The van der Waals surface area contributed by atoms with E-state index in [0.29, 0.717) is 10.6 Å². The van der Waals surface area contributed by atoms with Gasteiger partial charge in [-0.3, -0.25) is 0 Å². The molecule has 2 fully saturated rings. The first-order valence-electron chi connectivity index (χ1n) is 6.93. The van der Waals surface area contributed by atoms with E-state index < -0.39 is 0 Å². The first kappa shape index (κ1) is 13.1. The van der Waals surface area contributed by atoms with Crippen LogP contribution < -0.4 is 4.90 Å². The van der Waals surface area contributed by atoms with Crippen LogP contribution >= 0.6 is 11.6 Å². The fraction of sp³-hybridized carbons (Fsp3) is 0.714. The summed E-state index contributed by atoms with van der Waals surface area (Å²) in [6, 6.07) is 0. The van der Waals surface area contributed by atoms with Crippen molar-refractivity contribution in [1.29, 1.82) is 0 Å². The number of rotatable bonds is 1. The van der Waals surface area contributed by atoms with Crippen molar-refractivity contribution < 1.29 is 4.74 Å². The molecule has 0 saturated carbocycles. The van der Waals surface area contributed by atoms with Crippen molar-refractivity contribution in [2.45, 2.75) is 33.1 Å². The average Bonchev–Trinajstić information content (AvgIpc) is 2.78. The third-order valence-electron chi connectivity index (χ3n) is 4.46. The van der Waals surface area contributed by atoms with E-state index in [1.807, 2.05) is 13.8 Å². The van der Waals surface area contributed by atoms with Crippen molar-refractivity contribution in [3.8, 4) is 0 Å². The van der Waals surface area contributed by atoms with E-state index in [1.54, 1.807) is 0 Å². The van der Waals surface area contributed by atoms with E-state index in [4.69, 9.17) is 16.3 Å². The van der Waals surface area contributed by atoms with E-state index in [-0.39, 0.29) is 0 Å². The molecule has 1 aromatic rings. The Morgan fingerprint density at radius 3 is 2.63 bits per heavy atom. The summed E-state index contributed by atoms with van der Waals surface area (Å²) in [6.45, 7) is 7.84. The molecule has 19 heavy (non-hydrogen) atoms. The van der Waals surface area contributed by atoms with Gasteiger partial charge in [0.05, 0.1) is 0 Å². The smallest absolute Gasteiger partial charge is 0.137 e. The van der Waals surface area contributed by atoms with Gasteiger partial charge >= 0.3 is 0 Å². The Bertz CT molecular complexity index is 486. The molecule has 0 bridgehead atoms. The van der Waals surface area contributed by atoms with Crippen LogP contribution in [0.5, 0.6) is 0 Å². The number of hydrogen-bond acceptors (Lipinski definition) is 4. The quantitative estimate of drug-likeness (QED) is 0.742. The Morgan fingerprint density at radius 1 is 1.16 bits per heavy atom. The molecule has 104 valence electrons. The summed E-state index contributed by atoms with van der Waals surface area (Å²) in [5, 5.41) is 0.579. The SMILES string of the molecule is Cc1nc(Cl)c(C)c(N2CCC3(CCOCC3)C2)n1. The monoisotopic (exact) mass is 281 g/mol. The molecule has 0 aliphatic carbocycles. The Balaban J connectivity index is 1.85. The third-order valence-corrected chi connectivity index (χ3v) is 4.83. The van der Waals surface area contributed by atoms with Crippen LogP contribution in [0.15, 0.2) is 0 Å². The maximum atomic E-state index is 6.18. The molecule has 5 heteroatoms. The molecule has 0 unspecified atom stereocenters. The van der Waals surface area contributed by atoms with Crippen LogP contribution in [-0.4, -0.2) is 36.3 Å². The minimum Gasteiger partial charge on any atom is -0.381 e. The van der Waals surface area contributed by atoms with Crippen LogP contribution in [-0.2, 0) is 4.74 Å². The highest BCUT2D eigenvalue weighted by molar-refractivity contribution is 6.30. The highest BCUT2D eigenvalue weighted by atomic mass is 35.5. The Hall–Kier alpha value is -0.870. The van der Waals surface area contributed by atoms with Crippen molar-refractivity contribution in [2.24, 2.45) is 5.41 Å². The van der Waals surface area contributed by atoms with Crippen molar-refractivity contribution in [3.05, 3.63) is 16.5 Å². The largest absolute Gasteiger partial charge is 0.381 e. The molecule has 0 aromatic carbocycles. The predicted octanol–water partition coefficient (Wildman–Crippen LogP) is 2.75. The van der Waals surface area contributed by atoms with Gasteiger partial charge in [-0.2, -0.15) is 0 Å². The third kappa shape index (κ3) is 2.43. The number of ether oxygens (including phenoxy) is 1. The standard InChI is InChI=1S/C14H20ClN3O/c1-10-12(15)16-11(2)17-13(10)18-6-3-14(9-18)4-7-19-8-5-14/h3-9H2,1-2H3. The lowest BCUT2D eigenvalue weighted by atomic mass is 9.80. The van der Waals surface area contributed by atoms with Gasteiger partial charge in [0.1, 0.15) is 16.8 Å². The second kappa shape index (κ2) is 4.91. The van der Waals surface area contributed by atoms with Gasteiger partial charge < -0.3 is 9.64 Å². The molecule has 0 N–H and O–H groups in total. The summed E-state index contributed by atoms with van der Waals surface area (Å²) in [5.74, 6) is 1.76. The van der Waals surface area contributed by atoms with E-state index in [2.05, 4.69) is 14.9 Å². The summed E-state index contributed by atoms with van der Waals surface area (Å²) >= 11 is 6.18. The Morgan fingerprint density at radius 2 is 1.89 bits per heavy atom. The topological polar surface area (TPSA) is 38.2 Å². The fourth-order valence-electron chi connectivity index (χ4n) is 3.22. The van der Waals surface area contributed by atoms with Gasteiger partial charge in [-0.05, 0) is 38.5 Å². The Labute approximate surface area is 119 Å². The molecular formula is C14H20ClN3O. The summed E-state index contributed by atoms with van der Waals surface area (Å²) in [6.07, 6.45) is 3.57. The van der Waals surface area contributed by atoms with Crippen LogP contribution in [0.4, 0.5) is 5.82 Å². The van der Waals surface area contributed by atoms with Gasteiger partial charge in [0.25, 0.3) is 0 Å². The summed E-state index contributed by atoms with van der Waals surface area (Å²) < 4.78 is 5.49. The second-order valence-corrected chi connectivity index (χ2v) is 6.15. The Kier molecular flexibility index (Phi) is 3.39. The van der Waals surface area contributed by atoms with Gasteiger partial charge in [-0.1, -0.05) is 11.6 Å². The van der Waals surface area contributed by atoms with Crippen LogP contribution in [0.3, 0.4) is 0 Å². The summed E-state index contributed by atoms with van der Waals surface area (Å²) in [7, 11) is 0. The molecule has 4 nitrogen and oxygen atoms in total. The lowest BCUT2D eigenvalue weighted by Gasteiger charge is -2.33. The first-order chi connectivity index (χ1) is 9.10. The molecule has 3 heterocycles. The molecule has 1 spiro atoms. The lowest BCUT2D eigenvalue weighted by Crippen LogP contribution is -2.33. The fourth-order valence-corrected chi connectivity index (χ4v) is 3.42. The number of anilines is 1. The number of hydrogen-bond donors (Lipinski definition) is 0. The number of halogens is 1. The second-order valence-electron chi connectivity index (χ2n) is 5.79. The van der Waals surface area contributed by atoms with Crippen molar-refractivity contribution in [2.75, 3.05) is 31.2 Å². The maximum Gasteiger partial charge on any atom is 0.137 e. The van der Waals surface area contributed by atoms with Gasteiger partial charge in [-0.25, -0.2) is 9.97 Å². The molecule has 2 aliphatic heterocycles. The van der Waals surface area contributed by atoms with E-state index in [1.165, 1.54) is 19.3 Å². The molecule has 2 aliphatic rings. The molecular weight excluding hydrogens is 262 g/mol. The van der Waals surface area contributed by atoms with E-state index >= 15 is 0 Å². The van der Waals surface area contributed by atoms with Gasteiger partial charge in [0.2, 0.25) is 0 Å². The van der Waals surface area contributed by atoms with Gasteiger partial charge in [-0.15, -0.1) is 0 Å². The van der Waals surface area contributed by atoms with Crippen LogP contribution in [0, 0.1) is 19.3 Å². The molecule has 3 rings (SSSR count). The van der Waals surface area contributed by atoms with Crippen molar-refractivity contribution in [3.63, 3.8) is 0 Å². The summed E-state index contributed by atoms with van der Waals surface area (Å²) in [5.41, 5.74) is 1.42. The van der Waals surface area contributed by atoms with E-state index in [0.717, 1.165) is 43.5 Å². The minimum atomic E-state index is 0.427. The minimum absolute atomic E-state index is 0.427. The van der Waals surface area contributed by atoms with Crippen LogP contribution in [0.25, 0.3) is 0 Å². The number of aryl methyl sites for hydroxylation is 1. The van der Waals surface area contributed by atoms with Gasteiger partial charge in [0.15, 0.2) is 0 Å². The van der Waals surface area contributed by atoms with E-state index in [9.17, 15) is 0 Å².